The van der Waals surface area contributed by atoms with Gasteiger partial charge >= 0.3 is 6.18 Å². The minimum atomic E-state index is -4.78. The van der Waals surface area contributed by atoms with Crippen molar-refractivity contribution in [2.24, 2.45) is 0 Å². The zero-order chi connectivity index (χ0) is 15.6. The van der Waals surface area contributed by atoms with Crippen molar-refractivity contribution in [1.82, 2.24) is 4.98 Å². The number of carbonyl (C=O) groups is 1. The van der Waals surface area contributed by atoms with E-state index < -0.39 is 23.2 Å². The molecule has 1 aromatic carbocycles. The van der Waals surface area contributed by atoms with Crippen LogP contribution < -0.4 is 0 Å². The predicted octanol–water partition coefficient (Wildman–Crippen LogP) is 3.87. The van der Waals surface area contributed by atoms with E-state index >= 15 is 0 Å². The lowest BCUT2D eigenvalue weighted by Gasteiger charge is -2.12. The fourth-order valence-corrected chi connectivity index (χ4v) is 1.97. The van der Waals surface area contributed by atoms with Crippen LogP contribution in [-0.2, 0) is 6.18 Å². The van der Waals surface area contributed by atoms with Crippen LogP contribution in [0.1, 0.15) is 27.2 Å². The van der Waals surface area contributed by atoms with Crippen LogP contribution in [0.4, 0.5) is 13.2 Å². The molecule has 0 bridgehead atoms. The summed E-state index contributed by atoms with van der Waals surface area (Å²) in [4.78, 5) is 14.2. The van der Waals surface area contributed by atoms with Crippen LogP contribution in [0.5, 0.6) is 0 Å². The number of nitrogens with zero attached hydrogens (tertiary/aromatic N) is 1. The summed E-state index contributed by atoms with van der Waals surface area (Å²) in [6.07, 6.45) is -4.78. The predicted molar refractivity (Wildman–Crippen MR) is 71.2 cm³/mol. The Morgan fingerprint density at radius 2 is 1.86 bits per heavy atom. The number of hydrogen-bond donors (Lipinski definition) is 1. The number of aromatic nitrogens is 1. The van der Waals surface area contributed by atoms with E-state index in [-0.39, 0.29) is 15.8 Å². The number of nitriles is 1. The molecule has 1 heterocycles. The highest BCUT2D eigenvalue weighted by molar-refractivity contribution is 7.71. The summed E-state index contributed by atoms with van der Waals surface area (Å²) in [6, 6.07) is 10.1. The zero-order valence-corrected chi connectivity index (χ0v) is 11.2. The molecule has 0 amide bonds. The number of halogens is 3. The summed E-state index contributed by atoms with van der Waals surface area (Å²) in [5.41, 5.74) is -1.96. The third kappa shape index (κ3) is 3.01. The maximum atomic E-state index is 13.0. The molecule has 0 spiro atoms. The van der Waals surface area contributed by atoms with Gasteiger partial charge in [0.1, 0.15) is 16.4 Å². The maximum absolute atomic E-state index is 13.0. The number of aromatic amines is 1. The Labute approximate surface area is 122 Å². The smallest absolute Gasteiger partial charge is 0.341 e. The minimum Gasteiger partial charge on any atom is -0.341 e. The Bertz CT molecular complexity index is 789. The van der Waals surface area contributed by atoms with Gasteiger partial charge in [-0.15, -0.1) is 0 Å². The van der Waals surface area contributed by atoms with Crippen LogP contribution in [0, 0.1) is 16.0 Å². The van der Waals surface area contributed by atoms with E-state index in [1.807, 2.05) is 4.98 Å². The Morgan fingerprint density at radius 3 is 2.38 bits per heavy atom. The first-order valence-electron chi connectivity index (χ1n) is 5.69. The molecule has 0 radical (unpaired) electrons. The molecule has 0 aliphatic rings. The lowest BCUT2D eigenvalue weighted by Crippen LogP contribution is -2.17. The molecule has 106 valence electrons. The number of nitrogens with one attached hydrogen (secondary N) is 1. The Kier molecular flexibility index (Phi) is 3.91. The van der Waals surface area contributed by atoms with Gasteiger partial charge in [-0.25, -0.2) is 0 Å². The van der Waals surface area contributed by atoms with Gasteiger partial charge in [0.2, 0.25) is 0 Å². The van der Waals surface area contributed by atoms with Crippen molar-refractivity contribution in [1.29, 1.82) is 5.26 Å². The standard InChI is InChI=1S/C14H7F3N2OS/c15-14(16,17)12-10(6-9(7-18)13(21)19-12)11(20)8-4-2-1-3-5-8/h1-6H,(H,19,21). The van der Waals surface area contributed by atoms with Crippen molar-refractivity contribution >= 4 is 18.0 Å². The monoisotopic (exact) mass is 308 g/mol. The van der Waals surface area contributed by atoms with E-state index in [0.29, 0.717) is 0 Å². The first-order chi connectivity index (χ1) is 9.84. The van der Waals surface area contributed by atoms with E-state index in [4.69, 9.17) is 5.26 Å². The largest absolute Gasteiger partial charge is 0.432 e. The molecule has 0 saturated carbocycles. The van der Waals surface area contributed by atoms with Gasteiger partial charge in [-0.05, 0) is 6.07 Å². The van der Waals surface area contributed by atoms with Gasteiger partial charge in [0.25, 0.3) is 0 Å². The van der Waals surface area contributed by atoms with Crippen molar-refractivity contribution in [3.05, 3.63) is 63.4 Å². The quantitative estimate of drug-likeness (QED) is 0.677. The van der Waals surface area contributed by atoms with Crippen molar-refractivity contribution in [3.8, 4) is 6.07 Å². The number of carbonyl (C=O) groups excluding carboxylic acids is 1. The van der Waals surface area contributed by atoms with Gasteiger partial charge in [-0.2, -0.15) is 18.4 Å². The SMILES string of the molecule is N#Cc1cc(C(=O)c2ccccc2)c(C(F)(F)F)[nH]c1=S. The van der Waals surface area contributed by atoms with E-state index in [0.717, 1.165) is 6.07 Å². The molecule has 0 aliphatic heterocycles. The third-order valence-corrected chi connectivity index (χ3v) is 3.05. The number of H-pyrrole nitrogens is 1. The number of benzene rings is 1. The van der Waals surface area contributed by atoms with Gasteiger partial charge in [0.15, 0.2) is 5.78 Å². The Balaban J connectivity index is 2.70. The molecule has 3 nitrogen and oxygen atoms in total. The molecular formula is C14H7F3N2OS. The first-order valence-corrected chi connectivity index (χ1v) is 6.10. The Morgan fingerprint density at radius 1 is 1.24 bits per heavy atom. The second-order valence-electron chi connectivity index (χ2n) is 4.11. The van der Waals surface area contributed by atoms with Crippen LogP contribution in [0.3, 0.4) is 0 Å². The minimum absolute atomic E-state index is 0.0948. The summed E-state index contributed by atoms with van der Waals surface area (Å²) < 4.78 is 38.7. The van der Waals surface area contributed by atoms with E-state index in [2.05, 4.69) is 12.2 Å². The molecule has 1 aromatic heterocycles. The summed E-state index contributed by atoms with van der Waals surface area (Å²) >= 11 is 4.68. The molecule has 0 fully saturated rings. The van der Waals surface area contributed by atoms with Gasteiger partial charge in [-0.1, -0.05) is 42.5 Å². The fourth-order valence-electron chi connectivity index (χ4n) is 1.76. The third-order valence-electron chi connectivity index (χ3n) is 2.73. The van der Waals surface area contributed by atoms with E-state index in [1.165, 1.54) is 24.3 Å². The van der Waals surface area contributed by atoms with Crippen LogP contribution >= 0.6 is 12.2 Å². The summed E-state index contributed by atoms with van der Waals surface area (Å²) in [6.45, 7) is 0. The molecule has 0 unspecified atom stereocenters. The highest BCUT2D eigenvalue weighted by Crippen LogP contribution is 2.32. The molecule has 0 atom stereocenters. The van der Waals surface area contributed by atoms with Crippen LogP contribution in [0.25, 0.3) is 0 Å². The van der Waals surface area contributed by atoms with Crippen LogP contribution in [-0.4, -0.2) is 10.8 Å². The maximum Gasteiger partial charge on any atom is 0.432 e. The topological polar surface area (TPSA) is 56.6 Å². The number of rotatable bonds is 2. The molecular weight excluding hydrogens is 301 g/mol. The average molecular weight is 308 g/mol. The lowest BCUT2D eigenvalue weighted by atomic mass is 10.0. The Hall–Kier alpha value is -2.46. The number of alkyl halides is 3. The van der Waals surface area contributed by atoms with Gasteiger partial charge in [0.05, 0.1) is 11.1 Å². The highest BCUT2D eigenvalue weighted by Gasteiger charge is 2.37. The molecule has 2 rings (SSSR count). The summed E-state index contributed by atoms with van der Waals surface area (Å²) in [5.74, 6) is -0.828. The molecule has 0 aliphatic carbocycles. The normalized spacial score (nSPS) is 11.0. The fraction of sp³-hybridized carbons (Fsp3) is 0.0714. The van der Waals surface area contributed by atoms with Gasteiger partial charge in [0, 0.05) is 5.56 Å². The molecule has 2 aromatic rings. The number of hydrogen-bond acceptors (Lipinski definition) is 3. The van der Waals surface area contributed by atoms with E-state index in [9.17, 15) is 18.0 Å². The van der Waals surface area contributed by atoms with E-state index in [1.54, 1.807) is 12.1 Å². The zero-order valence-electron chi connectivity index (χ0n) is 10.4. The van der Waals surface area contributed by atoms with Crippen molar-refractivity contribution in [2.75, 3.05) is 0 Å². The molecule has 0 saturated heterocycles. The molecule has 1 N–H and O–H groups in total. The second-order valence-corrected chi connectivity index (χ2v) is 4.51. The summed E-state index contributed by atoms with van der Waals surface area (Å²) in [7, 11) is 0. The number of pyridine rings is 1. The van der Waals surface area contributed by atoms with Crippen molar-refractivity contribution < 1.29 is 18.0 Å². The lowest BCUT2D eigenvalue weighted by molar-refractivity contribution is -0.141. The molecule has 21 heavy (non-hydrogen) atoms. The van der Waals surface area contributed by atoms with Crippen LogP contribution in [0.2, 0.25) is 0 Å². The number of ketones is 1. The van der Waals surface area contributed by atoms with Gasteiger partial charge < -0.3 is 4.98 Å². The summed E-state index contributed by atoms with van der Waals surface area (Å²) in [5, 5.41) is 8.86. The highest BCUT2D eigenvalue weighted by atomic mass is 32.1. The first kappa shape index (κ1) is 14.9. The van der Waals surface area contributed by atoms with Crippen molar-refractivity contribution in [3.63, 3.8) is 0 Å². The van der Waals surface area contributed by atoms with Crippen molar-refractivity contribution in [2.45, 2.75) is 6.18 Å². The second kappa shape index (κ2) is 5.50. The average Bonchev–Trinajstić information content (AvgIpc) is 2.46. The molecule has 7 heteroatoms. The van der Waals surface area contributed by atoms with Crippen LogP contribution in [0.15, 0.2) is 36.4 Å². The van der Waals surface area contributed by atoms with Gasteiger partial charge in [-0.3, -0.25) is 4.79 Å².